The van der Waals surface area contributed by atoms with Gasteiger partial charge >= 0.3 is 5.97 Å². The van der Waals surface area contributed by atoms with Crippen LogP contribution in [0.5, 0.6) is 5.75 Å². The van der Waals surface area contributed by atoms with Gasteiger partial charge in [0.25, 0.3) is 0 Å². The summed E-state index contributed by atoms with van der Waals surface area (Å²) in [6.07, 6.45) is 0. The van der Waals surface area contributed by atoms with Crippen molar-refractivity contribution in [3.63, 3.8) is 0 Å². The van der Waals surface area contributed by atoms with Crippen LogP contribution in [0, 0.1) is 14.9 Å². The average molecular weight is 303 g/mol. The van der Waals surface area contributed by atoms with Gasteiger partial charge < -0.3 is 9.84 Å². The van der Waals surface area contributed by atoms with Gasteiger partial charge in [0.1, 0.15) is 17.4 Å². The Labute approximate surface area is 94.2 Å². The lowest BCUT2D eigenvalue weighted by Gasteiger charge is -2.07. The zero-order chi connectivity index (χ0) is 10.7. The van der Waals surface area contributed by atoms with Gasteiger partial charge in [-0.2, -0.15) is 5.26 Å². The molecule has 0 amide bonds. The van der Waals surface area contributed by atoms with Crippen LogP contribution in [0.4, 0.5) is 0 Å². The Morgan fingerprint density at radius 1 is 1.64 bits per heavy atom. The first-order valence-corrected chi connectivity index (χ1v) is 4.69. The van der Waals surface area contributed by atoms with Crippen molar-refractivity contribution in [3.8, 4) is 11.8 Å². The summed E-state index contributed by atoms with van der Waals surface area (Å²) in [6, 6.07) is 4.92. The van der Waals surface area contributed by atoms with Crippen LogP contribution in [0.25, 0.3) is 0 Å². The maximum absolute atomic E-state index is 10.9. The van der Waals surface area contributed by atoms with E-state index in [1.165, 1.54) is 13.2 Å². The number of carboxylic acid groups (broad SMARTS) is 1. The van der Waals surface area contributed by atoms with Gasteiger partial charge in [0.15, 0.2) is 0 Å². The first-order valence-electron chi connectivity index (χ1n) is 3.61. The van der Waals surface area contributed by atoms with Gasteiger partial charge in [0, 0.05) is 0 Å². The van der Waals surface area contributed by atoms with E-state index in [1.54, 1.807) is 6.07 Å². The van der Waals surface area contributed by atoms with Gasteiger partial charge in [0.2, 0.25) is 0 Å². The van der Waals surface area contributed by atoms with E-state index < -0.39 is 5.97 Å². The van der Waals surface area contributed by atoms with Crippen molar-refractivity contribution in [2.75, 3.05) is 7.11 Å². The molecule has 1 rings (SSSR count). The zero-order valence-corrected chi connectivity index (χ0v) is 9.40. The van der Waals surface area contributed by atoms with Crippen molar-refractivity contribution < 1.29 is 14.6 Å². The summed E-state index contributed by atoms with van der Waals surface area (Å²) in [6.45, 7) is 0. The molecular weight excluding hydrogens is 297 g/mol. The number of carboxylic acids is 1. The Morgan fingerprint density at radius 3 is 2.71 bits per heavy atom. The molecule has 14 heavy (non-hydrogen) atoms. The minimum Gasteiger partial charge on any atom is -0.495 e. The van der Waals surface area contributed by atoms with Crippen LogP contribution in [0.1, 0.15) is 15.9 Å². The summed E-state index contributed by atoms with van der Waals surface area (Å²) in [5.74, 6) is -0.922. The predicted molar refractivity (Wildman–Crippen MR) is 57.4 cm³/mol. The van der Waals surface area contributed by atoms with Crippen molar-refractivity contribution in [1.82, 2.24) is 0 Å². The molecule has 0 radical (unpaired) electrons. The number of rotatable bonds is 2. The molecule has 0 aromatic heterocycles. The molecule has 0 aliphatic heterocycles. The van der Waals surface area contributed by atoms with Crippen molar-refractivity contribution in [1.29, 1.82) is 5.26 Å². The maximum Gasteiger partial charge on any atom is 0.340 e. The minimum atomic E-state index is -1.16. The second-order valence-electron chi connectivity index (χ2n) is 2.42. The second kappa shape index (κ2) is 4.28. The topological polar surface area (TPSA) is 70.3 Å². The molecule has 0 unspecified atom stereocenters. The number of nitriles is 1. The van der Waals surface area contributed by atoms with Crippen molar-refractivity contribution in [2.24, 2.45) is 0 Å². The monoisotopic (exact) mass is 303 g/mol. The summed E-state index contributed by atoms with van der Waals surface area (Å²) in [5, 5.41) is 17.6. The molecule has 0 aliphatic rings. The van der Waals surface area contributed by atoms with Crippen LogP contribution in [0.3, 0.4) is 0 Å². The molecule has 0 saturated heterocycles. The molecule has 72 valence electrons. The fourth-order valence-electron chi connectivity index (χ4n) is 1.06. The lowest BCUT2D eigenvalue weighted by molar-refractivity contribution is 0.0693. The molecule has 0 spiro atoms. The number of halogens is 1. The zero-order valence-electron chi connectivity index (χ0n) is 7.24. The highest BCUT2D eigenvalue weighted by Gasteiger charge is 2.18. The van der Waals surface area contributed by atoms with Crippen LogP contribution in [0.2, 0.25) is 0 Å². The molecule has 0 bridgehead atoms. The molecule has 0 saturated carbocycles. The quantitative estimate of drug-likeness (QED) is 0.847. The highest BCUT2D eigenvalue weighted by Crippen LogP contribution is 2.28. The molecule has 1 N–H and O–H groups in total. The standard InChI is InChI=1S/C9H6INO3/c1-14-8-6(10)3-2-5(4-11)7(8)9(12)13/h2-3H,1H3,(H,12,13). The lowest BCUT2D eigenvalue weighted by Crippen LogP contribution is -2.05. The van der Waals surface area contributed by atoms with Crippen molar-refractivity contribution >= 4 is 28.6 Å². The van der Waals surface area contributed by atoms with Crippen molar-refractivity contribution in [3.05, 3.63) is 26.8 Å². The smallest absolute Gasteiger partial charge is 0.340 e. The van der Waals surface area contributed by atoms with E-state index >= 15 is 0 Å². The van der Waals surface area contributed by atoms with Crippen LogP contribution < -0.4 is 4.74 Å². The number of benzene rings is 1. The highest BCUT2D eigenvalue weighted by molar-refractivity contribution is 14.1. The molecule has 4 nitrogen and oxygen atoms in total. The van der Waals surface area contributed by atoms with E-state index in [4.69, 9.17) is 15.1 Å². The first kappa shape index (κ1) is 10.8. The molecule has 1 aromatic rings. The van der Waals surface area contributed by atoms with E-state index in [2.05, 4.69) is 0 Å². The number of carbonyl (C=O) groups is 1. The number of ether oxygens (including phenoxy) is 1. The highest BCUT2D eigenvalue weighted by atomic mass is 127. The van der Waals surface area contributed by atoms with Crippen LogP contribution in [-0.2, 0) is 0 Å². The van der Waals surface area contributed by atoms with E-state index in [-0.39, 0.29) is 16.9 Å². The van der Waals surface area contributed by atoms with Crippen LogP contribution >= 0.6 is 22.6 Å². The first-order chi connectivity index (χ1) is 6.61. The van der Waals surface area contributed by atoms with Gasteiger partial charge in [0.05, 0.1) is 16.2 Å². The molecule has 0 atom stereocenters. The van der Waals surface area contributed by atoms with Crippen LogP contribution in [0.15, 0.2) is 12.1 Å². The number of aromatic carboxylic acids is 1. The fourth-order valence-corrected chi connectivity index (χ4v) is 1.73. The van der Waals surface area contributed by atoms with Gasteiger partial charge in [-0.1, -0.05) is 0 Å². The predicted octanol–water partition coefficient (Wildman–Crippen LogP) is 1.87. The maximum atomic E-state index is 10.9. The SMILES string of the molecule is COc1c(I)ccc(C#N)c1C(=O)O. The van der Waals surface area contributed by atoms with Gasteiger partial charge in [-0.15, -0.1) is 0 Å². The third-order valence-electron chi connectivity index (χ3n) is 1.65. The number of nitrogens with zero attached hydrogens (tertiary/aromatic N) is 1. The van der Waals surface area contributed by atoms with Crippen molar-refractivity contribution in [2.45, 2.75) is 0 Å². The number of methoxy groups -OCH3 is 1. The summed E-state index contributed by atoms with van der Waals surface area (Å²) < 4.78 is 5.61. The Bertz CT molecular complexity index is 423. The Hall–Kier alpha value is -1.29. The Kier molecular flexibility index (Phi) is 3.30. The lowest BCUT2D eigenvalue weighted by atomic mass is 10.1. The van der Waals surface area contributed by atoms with E-state index in [1.807, 2.05) is 28.7 Å². The molecule has 0 heterocycles. The van der Waals surface area contributed by atoms with Crippen LogP contribution in [-0.4, -0.2) is 18.2 Å². The Balaban J connectivity index is 3.54. The summed E-state index contributed by atoms with van der Waals surface area (Å²) in [5.41, 5.74) is 0.0247. The van der Waals surface area contributed by atoms with Gasteiger partial charge in [-0.3, -0.25) is 0 Å². The molecule has 1 aromatic carbocycles. The third kappa shape index (κ3) is 1.80. The fraction of sp³-hybridized carbons (Fsp3) is 0.111. The normalized spacial score (nSPS) is 9.21. The summed E-state index contributed by atoms with van der Waals surface area (Å²) in [7, 11) is 1.38. The summed E-state index contributed by atoms with van der Waals surface area (Å²) >= 11 is 1.95. The molecular formula is C9H6INO3. The largest absolute Gasteiger partial charge is 0.495 e. The average Bonchev–Trinajstić information content (AvgIpc) is 2.17. The van der Waals surface area contributed by atoms with E-state index in [0.717, 1.165) is 0 Å². The molecule has 0 aliphatic carbocycles. The Morgan fingerprint density at radius 2 is 2.29 bits per heavy atom. The minimum absolute atomic E-state index is 0.0816. The second-order valence-corrected chi connectivity index (χ2v) is 3.58. The van der Waals surface area contributed by atoms with E-state index in [0.29, 0.717) is 3.57 Å². The number of hydrogen-bond acceptors (Lipinski definition) is 3. The van der Waals surface area contributed by atoms with Gasteiger partial charge in [-0.05, 0) is 34.7 Å². The van der Waals surface area contributed by atoms with E-state index in [9.17, 15) is 4.79 Å². The summed E-state index contributed by atoms with van der Waals surface area (Å²) in [4.78, 5) is 10.9. The molecule has 0 fully saturated rings. The molecule has 5 heteroatoms. The number of hydrogen-bond donors (Lipinski definition) is 1. The third-order valence-corrected chi connectivity index (χ3v) is 2.50. The van der Waals surface area contributed by atoms with Gasteiger partial charge in [-0.25, -0.2) is 4.79 Å².